The molecule has 1 atom stereocenters. The predicted molar refractivity (Wildman–Crippen MR) is 99.8 cm³/mol. The van der Waals surface area contributed by atoms with Crippen molar-refractivity contribution in [2.24, 2.45) is 4.99 Å². The third-order valence-corrected chi connectivity index (χ3v) is 5.08. The molecule has 0 aliphatic carbocycles. The van der Waals surface area contributed by atoms with Gasteiger partial charge in [-0.2, -0.15) is 4.99 Å². The number of rotatable bonds is 5. The van der Waals surface area contributed by atoms with Gasteiger partial charge in [-0.25, -0.2) is 4.79 Å². The topological polar surface area (TPSA) is 80.9 Å². The van der Waals surface area contributed by atoms with Crippen molar-refractivity contribution in [3.05, 3.63) is 58.9 Å². The summed E-state index contributed by atoms with van der Waals surface area (Å²) in [5.41, 5.74) is 0.680. The molecule has 1 aromatic heterocycles. The predicted octanol–water partition coefficient (Wildman–Crippen LogP) is 4.38. The van der Waals surface area contributed by atoms with E-state index >= 15 is 0 Å². The third-order valence-electron chi connectivity index (χ3n) is 4.05. The summed E-state index contributed by atoms with van der Waals surface area (Å²) in [6.07, 6.45) is -4.55. The maximum absolute atomic E-state index is 12.5. The van der Waals surface area contributed by atoms with Gasteiger partial charge in [0.25, 0.3) is 5.91 Å². The molecule has 6 nitrogen and oxygen atoms in total. The fourth-order valence-corrected chi connectivity index (χ4v) is 3.86. The van der Waals surface area contributed by atoms with Gasteiger partial charge in [-0.1, -0.05) is 30.4 Å². The van der Waals surface area contributed by atoms with Gasteiger partial charge < -0.3 is 14.4 Å². The van der Waals surface area contributed by atoms with E-state index in [1.54, 1.807) is 31.2 Å². The molecule has 0 aliphatic heterocycles. The number of nitrogens with zero attached hydrogens (tertiary/aromatic N) is 2. The molecule has 0 radical (unpaired) electrons. The number of carboxylic acid groups (broad SMARTS) is 1. The van der Waals surface area contributed by atoms with Crippen LogP contribution in [0.5, 0.6) is 5.75 Å². The van der Waals surface area contributed by atoms with Crippen molar-refractivity contribution in [2.45, 2.75) is 25.7 Å². The zero-order valence-corrected chi connectivity index (χ0v) is 15.8. The number of ether oxygens (including phenoxy) is 1. The summed E-state index contributed by atoms with van der Waals surface area (Å²) in [4.78, 5) is 28.5. The average Bonchev–Trinajstić information content (AvgIpc) is 2.99. The Morgan fingerprint density at radius 3 is 2.41 bits per heavy atom. The van der Waals surface area contributed by atoms with E-state index < -0.39 is 30.0 Å². The van der Waals surface area contributed by atoms with Crippen LogP contribution in [0.1, 0.15) is 29.7 Å². The maximum Gasteiger partial charge on any atom is 0.573 e. The molecule has 0 bridgehead atoms. The van der Waals surface area contributed by atoms with Crippen molar-refractivity contribution in [2.75, 3.05) is 0 Å². The molecule has 10 heteroatoms. The van der Waals surface area contributed by atoms with Crippen LogP contribution in [0.3, 0.4) is 0 Å². The number of aromatic nitrogens is 1. The van der Waals surface area contributed by atoms with Crippen LogP contribution in [0.4, 0.5) is 13.2 Å². The molecule has 1 heterocycles. The van der Waals surface area contributed by atoms with Crippen molar-refractivity contribution in [1.29, 1.82) is 0 Å². The summed E-state index contributed by atoms with van der Waals surface area (Å²) in [6.45, 7) is 1.71. The van der Waals surface area contributed by atoms with Gasteiger partial charge in [0, 0.05) is 5.56 Å². The molecule has 1 N–H and O–H groups in total. The Hall–Kier alpha value is -3.14. The van der Waals surface area contributed by atoms with Crippen LogP contribution in [-0.4, -0.2) is 27.9 Å². The highest BCUT2D eigenvalue weighted by molar-refractivity contribution is 7.16. The molecule has 29 heavy (non-hydrogen) atoms. The molecule has 0 spiro atoms. The van der Waals surface area contributed by atoms with Crippen LogP contribution in [0.25, 0.3) is 10.2 Å². The summed E-state index contributed by atoms with van der Waals surface area (Å²) >= 11 is 1.16. The fourth-order valence-electron chi connectivity index (χ4n) is 2.79. The molecule has 1 amide bonds. The van der Waals surface area contributed by atoms with Gasteiger partial charge in [0.1, 0.15) is 11.8 Å². The second-order valence-electron chi connectivity index (χ2n) is 5.97. The Morgan fingerprint density at radius 2 is 1.83 bits per heavy atom. The molecule has 0 saturated heterocycles. The van der Waals surface area contributed by atoms with E-state index in [2.05, 4.69) is 9.73 Å². The summed E-state index contributed by atoms with van der Waals surface area (Å²) in [5.74, 6) is -2.22. The molecular formula is C19H15F3N2O4S. The van der Waals surface area contributed by atoms with E-state index in [9.17, 15) is 27.9 Å². The fraction of sp³-hybridized carbons (Fsp3) is 0.211. The zero-order chi connectivity index (χ0) is 21.2. The number of alkyl halides is 3. The standard InChI is InChI=1S/C19H15F3N2O4S/c1-2-13(17(26)27)24-14-5-3-4-6-15(14)29-18(24)23-16(25)11-7-9-12(10-8-11)28-19(20,21)22/h3-10,13H,2H2,1H3,(H,26,27)/b23-18-. The van der Waals surface area contributed by atoms with Gasteiger partial charge in [-0.3, -0.25) is 4.79 Å². The van der Waals surface area contributed by atoms with Crippen LogP contribution in [0.2, 0.25) is 0 Å². The van der Waals surface area contributed by atoms with Crippen molar-refractivity contribution in [3.63, 3.8) is 0 Å². The Bertz CT molecular complexity index is 1120. The van der Waals surface area contributed by atoms with Gasteiger partial charge in [-0.15, -0.1) is 13.2 Å². The summed E-state index contributed by atoms with van der Waals surface area (Å²) in [5, 5.41) is 9.55. The number of halogens is 3. The van der Waals surface area contributed by atoms with Gasteiger partial charge in [0.15, 0.2) is 4.80 Å². The first-order chi connectivity index (χ1) is 13.7. The lowest BCUT2D eigenvalue weighted by Crippen LogP contribution is -2.27. The first-order valence-electron chi connectivity index (χ1n) is 8.47. The molecule has 1 unspecified atom stereocenters. The SMILES string of the molecule is CCC(C(=O)O)n1/c(=N/C(=O)c2ccc(OC(F)(F)F)cc2)sc2ccccc21. The number of aliphatic carboxylic acids is 1. The third kappa shape index (κ3) is 4.65. The highest BCUT2D eigenvalue weighted by atomic mass is 32.1. The number of benzene rings is 2. The minimum Gasteiger partial charge on any atom is -0.480 e. The Morgan fingerprint density at radius 1 is 1.17 bits per heavy atom. The van der Waals surface area contributed by atoms with Crippen LogP contribution >= 0.6 is 11.3 Å². The second-order valence-corrected chi connectivity index (χ2v) is 6.98. The van der Waals surface area contributed by atoms with E-state index in [4.69, 9.17) is 0 Å². The van der Waals surface area contributed by atoms with E-state index in [0.717, 1.165) is 28.2 Å². The molecular weight excluding hydrogens is 409 g/mol. The summed E-state index contributed by atoms with van der Waals surface area (Å²) < 4.78 is 42.8. The highest BCUT2D eigenvalue weighted by Crippen LogP contribution is 2.24. The first kappa shape index (κ1) is 20.6. The van der Waals surface area contributed by atoms with Crippen molar-refractivity contribution < 1.29 is 32.6 Å². The van der Waals surface area contributed by atoms with Crippen LogP contribution < -0.4 is 9.54 Å². The monoisotopic (exact) mass is 424 g/mol. The quantitative estimate of drug-likeness (QED) is 0.659. The number of hydrogen-bond donors (Lipinski definition) is 1. The van der Waals surface area contributed by atoms with Gasteiger partial charge in [0.05, 0.1) is 10.2 Å². The molecule has 152 valence electrons. The molecule has 3 aromatic rings. The number of fused-ring (bicyclic) bond motifs is 1. The number of hydrogen-bond acceptors (Lipinski definition) is 4. The van der Waals surface area contributed by atoms with Gasteiger partial charge in [0.2, 0.25) is 0 Å². The number of amides is 1. The van der Waals surface area contributed by atoms with Crippen molar-refractivity contribution >= 4 is 33.4 Å². The number of thiazole rings is 1. The van der Waals surface area contributed by atoms with Crippen LogP contribution in [0, 0.1) is 0 Å². The molecule has 0 saturated carbocycles. The number of carbonyl (C=O) groups excluding carboxylic acids is 1. The lowest BCUT2D eigenvalue weighted by molar-refractivity contribution is -0.274. The Kier molecular flexibility index (Phi) is 5.73. The summed E-state index contributed by atoms with van der Waals surface area (Å²) in [7, 11) is 0. The Balaban J connectivity index is 2.03. The lowest BCUT2D eigenvalue weighted by Gasteiger charge is -2.13. The average molecular weight is 424 g/mol. The maximum atomic E-state index is 12.5. The Labute approximate surface area is 166 Å². The normalized spacial score (nSPS) is 13.4. The number of carboxylic acids is 1. The largest absolute Gasteiger partial charge is 0.573 e. The van der Waals surface area contributed by atoms with E-state index in [1.807, 2.05) is 0 Å². The highest BCUT2D eigenvalue weighted by Gasteiger charge is 2.31. The summed E-state index contributed by atoms with van der Waals surface area (Å²) in [6, 6.07) is 10.5. The molecule has 0 fully saturated rings. The lowest BCUT2D eigenvalue weighted by atomic mass is 10.2. The van der Waals surface area contributed by atoms with E-state index in [0.29, 0.717) is 5.52 Å². The minimum absolute atomic E-state index is 0.0481. The first-order valence-corrected chi connectivity index (χ1v) is 9.29. The number of carbonyl (C=O) groups is 2. The molecule has 2 aromatic carbocycles. The second kappa shape index (κ2) is 8.08. The van der Waals surface area contributed by atoms with Crippen molar-refractivity contribution in [3.8, 4) is 5.75 Å². The van der Waals surface area contributed by atoms with E-state index in [-0.39, 0.29) is 16.8 Å². The van der Waals surface area contributed by atoms with Crippen LogP contribution in [-0.2, 0) is 4.79 Å². The molecule has 3 rings (SSSR count). The number of para-hydroxylation sites is 1. The van der Waals surface area contributed by atoms with Gasteiger partial charge in [-0.05, 0) is 42.8 Å². The molecule has 0 aliphatic rings. The smallest absolute Gasteiger partial charge is 0.480 e. The van der Waals surface area contributed by atoms with Crippen molar-refractivity contribution in [1.82, 2.24) is 4.57 Å². The van der Waals surface area contributed by atoms with Gasteiger partial charge >= 0.3 is 12.3 Å². The van der Waals surface area contributed by atoms with Crippen LogP contribution in [0.15, 0.2) is 53.5 Å². The van der Waals surface area contributed by atoms with E-state index in [1.165, 1.54) is 16.7 Å². The minimum atomic E-state index is -4.83. The zero-order valence-electron chi connectivity index (χ0n) is 15.0.